The Kier molecular flexibility index (Phi) is 9.19. The van der Waals surface area contributed by atoms with E-state index in [0.29, 0.717) is 24.5 Å². The van der Waals surface area contributed by atoms with E-state index in [2.05, 4.69) is 52.6 Å². The van der Waals surface area contributed by atoms with Gasteiger partial charge in [-0.1, -0.05) is 17.7 Å². The molecule has 2 aromatic carbocycles. The molecule has 1 fully saturated rings. The quantitative estimate of drug-likeness (QED) is 0.452. The lowest BCUT2D eigenvalue weighted by atomic mass is 10.1. The SMILES string of the molecule is CCOC(=O)c1c(C)n(-c2ccc(C)cc2)c2ccc(OCC(O)CN3CCN(C)CC3)cc12.[Cl-]. The van der Waals surface area contributed by atoms with E-state index in [0.717, 1.165) is 48.5 Å². The van der Waals surface area contributed by atoms with E-state index in [-0.39, 0.29) is 25.0 Å². The lowest BCUT2D eigenvalue weighted by Gasteiger charge is -2.33. The summed E-state index contributed by atoms with van der Waals surface area (Å²) in [4.78, 5) is 17.4. The van der Waals surface area contributed by atoms with Gasteiger partial charge in [0.2, 0.25) is 0 Å². The van der Waals surface area contributed by atoms with Crippen LogP contribution in [0.4, 0.5) is 0 Å². The Labute approximate surface area is 213 Å². The zero-order valence-electron chi connectivity index (χ0n) is 21.0. The highest BCUT2D eigenvalue weighted by molar-refractivity contribution is 6.07. The smallest absolute Gasteiger partial charge is 0.340 e. The monoisotopic (exact) mass is 500 g/mol. The van der Waals surface area contributed by atoms with Gasteiger partial charge >= 0.3 is 5.97 Å². The molecule has 0 spiro atoms. The number of rotatable bonds is 8. The molecule has 1 unspecified atom stereocenters. The van der Waals surface area contributed by atoms with E-state index in [1.165, 1.54) is 5.56 Å². The first-order valence-corrected chi connectivity index (χ1v) is 12.0. The molecule has 1 aliphatic rings. The molecule has 1 atom stereocenters. The Morgan fingerprint density at radius 2 is 1.74 bits per heavy atom. The zero-order chi connectivity index (χ0) is 24.2. The number of carbonyl (C=O) groups excluding carboxylic acids is 1. The van der Waals surface area contributed by atoms with E-state index in [9.17, 15) is 9.90 Å². The number of halogens is 1. The highest BCUT2D eigenvalue weighted by Crippen LogP contribution is 2.32. The van der Waals surface area contributed by atoms with Gasteiger partial charge in [0.1, 0.15) is 18.5 Å². The number of hydrogen-bond donors (Lipinski definition) is 1. The van der Waals surface area contributed by atoms with Gasteiger partial charge in [-0.25, -0.2) is 4.79 Å². The minimum Gasteiger partial charge on any atom is -1.00 e. The van der Waals surface area contributed by atoms with Gasteiger partial charge in [-0.2, -0.15) is 0 Å². The van der Waals surface area contributed by atoms with Crippen LogP contribution in [0.3, 0.4) is 0 Å². The summed E-state index contributed by atoms with van der Waals surface area (Å²) in [7, 11) is 2.12. The number of piperazine rings is 1. The number of hydrogen-bond acceptors (Lipinski definition) is 6. The second kappa shape index (κ2) is 11.9. The van der Waals surface area contributed by atoms with Crippen molar-refractivity contribution in [3.8, 4) is 11.4 Å². The van der Waals surface area contributed by atoms with E-state index in [4.69, 9.17) is 9.47 Å². The van der Waals surface area contributed by atoms with E-state index < -0.39 is 6.10 Å². The molecular weight excluding hydrogens is 466 g/mol. The largest absolute Gasteiger partial charge is 1.00 e. The first-order valence-electron chi connectivity index (χ1n) is 12.0. The second-order valence-electron chi connectivity index (χ2n) is 9.10. The molecule has 4 rings (SSSR count). The number of β-amino-alcohol motifs (C(OH)–C–C–N with tert-alkyl or cyclic N) is 1. The van der Waals surface area contributed by atoms with Crippen molar-refractivity contribution in [3.63, 3.8) is 0 Å². The third-order valence-corrected chi connectivity index (χ3v) is 6.45. The van der Waals surface area contributed by atoms with Gasteiger partial charge in [0.05, 0.1) is 17.7 Å². The van der Waals surface area contributed by atoms with Crippen molar-refractivity contribution in [2.24, 2.45) is 0 Å². The highest BCUT2D eigenvalue weighted by atomic mass is 35.5. The normalized spacial score (nSPS) is 15.6. The summed E-state index contributed by atoms with van der Waals surface area (Å²) >= 11 is 0. The molecule has 1 aliphatic heterocycles. The molecule has 0 saturated carbocycles. The molecule has 0 bridgehead atoms. The fraction of sp³-hybridized carbons (Fsp3) is 0.444. The number of aromatic nitrogens is 1. The van der Waals surface area contributed by atoms with Crippen molar-refractivity contribution in [3.05, 3.63) is 59.3 Å². The van der Waals surface area contributed by atoms with Crippen molar-refractivity contribution in [1.29, 1.82) is 0 Å². The number of esters is 1. The number of likely N-dealkylation sites (N-methyl/N-ethyl adjacent to an activating group) is 1. The second-order valence-corrected chi connectivity index (χ2v) is 9.10. The van der Waals surface area contributed by atoms with Crippen LogP contribution in [0.2, 0.25) is 0 Å². The number of carbonyl (C=O) groups is 1. The van der Waals surface area contributed by atoms with Crippen LogP contribution in [0, 0.1) is 13.8 Å². The average molecular weight is 501 g/mol. The van der Waals surface area contributed by atoms with Crippen LogP contribution in [0.25, 0.3) is 16.6 Å². The van der Waals surface area contributed by atoms with Gasteiger partial charge in [0, 0.05) is 49.5 Å². The van der Waals surface area contributed by atoms with Crippen molar-refractivity contribution in [2.45, 2.75) is 26.9 Å². The standard InChI is InChI=1S/C27H35N3O4.ClH/c1-5-33-27(32)26-20(3)30(21-8-6-19(2)7-9-21)25-11-10-23(16-24(25)26)34-18-22(31)17-29-14-12-28(4)13-15-29;/h6-11,16,22,31H,5,12-15,17-18H2,1-4H3;1H/p-1. The minimum atomic E-state index is -0.581. The fourth-order valence-corrected chi connectivity index (χ4v) is 4.55. The Balaban J connectivity index is 0.00000342. The summed E-state index contributed by atoms with van der Waals surface area (Å²) in [6, 6.07) is 14.0. The first-order chi connectivity index (χ1) is 16.4. The van der Waals surface area contributed by atoms with Gasteiger partial charge in [-0.15, -0.1) is 0 Å². The highest BCUT2D eigenvalue weighted by Gasteiger charge is 2.23. The predicted molar refractivity (Wildman–Crippen MR) is 134 cm³/mol. The van der Waals surface area contributed by atoms with Gasteiger partial charge in [-0.05, 0) is 58.2 Å². The van der Waals surface area contributed by atoms with Gasteiger partial charge < -0.3 is 36.5 Å². The summed E-state index contributed by atoms with van der Waals surface area (Å²) in [5, 5.41) is 11.3. The summed E-state index contributed by atoms with van der Waals surface area (Å²) in [5.41, 5.74) is 4.44. The molecule has 35 heavy (non-hydrogen) atoms. The maximum atomic E-state index is 12.9. The molecule has 190 valence electrons. The number of aliphatic hydroxyl groups is 1. The molecule has 0 amide bonds. The Morgan fingerprint density at radius 3 is 2.40 bits per heavy atom. The molecule has 3 aromatic rings. The summed E-state index contributed by atoms with van der Waals surface area (Å²) < 4.78 is 13.4. The number of nitrogens with zero attached hydrogens (tertiary/aromatic N) is 3. The van der Waals surface area contributed by atoms with Crippen molar-refractivity contribution in [1.82, 2.24) is 14.4 Å². The van der Waals surface area contributed by atoms with Crippen LogP contribution in [-0.2, 0) is 4.74 Å². The average Bonchev–Trinajstić information content (AvgIpc) is 3.11. The lowest BCUT2D eigenvalue weighted by Crippen LogP contribution is -3.00. The van der Waals surface area contributed by atoms with Crippen LogP contribution in [0.1, 0.15) is 28.5 Å². The molecule has 0 aliphatic carbocycles. The summed E-state index contributed by atoms with van der Waals surface area (Å²) in [6.45, 7) is 10.8. The molecular formula is C27H35ClN3O4-. The van der Waals surface area contributed by atoms with Gasteiger partial charge in [-0.3, -0.25) is 4.90 Å². The van der Waals surface area contributed by atoms with Crippen LogP contribution >= 0.6 is 0 Å². The number of aryl methyl sites for hydroxylation is 1. The summed E-state index contributed by atoms with van der Waals surface area (Å²) in [5.74, 6) is 0.277. The molecule has 2 heterocycles. The number of aliphatic hydroxyl groups excluding tert-OH is 1. The first kappa shape index (κ1) is 27.0. The number of fused-ring (bicyclic) bond motifs is 1. The van der Waals surface area contributed by atoms with Gasteiger partial charge in [0.15, 0.2) is 0 Å². The Morgan fingerprint density at radius 1 is 1.06 bits per heavy atom. The van der Waals surface area contributed by atoms with E-state index in [1.54, 1.807) is 0 Å². The zero-order valence-corrected chi connectivity index (χ0v) is 21.7. The minimum absolute atomic E-state index is 0. The summed E-state index contributed by atoms with van der Waals surface area (Å²) in [6.07, 6.45) is -0.581. The fourth-order valence-electron chi connectivity index (χ4n) is 4.55. The molecule has 8 heteroatoms. The Hall–Kier alpha value is -2.58. The van der Waals surface area contributed by atoms with Gasteiger partial charge in [0.25, 0.3) is 0 Å². The third kappa shape index (κ3) is 6.16. The third-order valence-electron chi connectivity index (χ3n) is 6.45. The van der Waals surface area contributed by atoms with Crippen molar-refractivity contribution in [2.75, 3.05) is 53.0 Å². The topological polar surface area (TPSA) is 67.2 Å². The van der Waals surface area contributed by atoms with E-state index >= 15 is 0 Å². The molecule has 1 aromatic heterocycles. The van der Waals surface area contributed by atoms with Crippen molar-refractivity contribution < 1.29 is 31.8 Å². The van der Waals surface area contributed by atoms with Crippen molar-refractivity contribution >= 4 is 16.9 Å². The lowest BCUT2D eigenvalue weighted by molar-refractivity contribution is -0.0000277. The molecule has 1 N–H and O–H groups in total. The molecule has 0 radical (unpaired) electrons. The number of benzene rings is 2. The molecule has 1 saturated heterocycles. The van der Waals surface area contributed by atoms with Crippen LogP contribution < -0.4 is 17.1 Å². The molecule has 7 nitrogen and oxygen atoms in total. The maximum Gasteiger partial charge on any atom is 0.340 e. The number of ether oxygens (including phenoxy) is 2. The Bertz CT molecular complexity index is 1140. The van der Waals surface area contributed by atoms with Crippen LogP contribution in [0.15, 0.2) is 42.5 Å². The van der Waals surface area contributed by atoms with Crippen LogP contribution in [0.5, 0.6) is 5.75 Å². The van der Waals surface area contributed by atoms with E-state index in [1.807, 2.05) is 32.0 Å². The predicted octanol–water partition coefficient (Wildman–Crippen LogP) is 0.415. The van der Waals surface area contributed by atoms with Crippen LogP contribution in [-0.4, -0.2) is 84.5 Å². The maximum absolute atomic E-state index is 12.9.